The lowest BCUT2D eigenvalue weighted by Gasteiger charge is -2.16. The number of benzene rings is 2. The van der Waals surface area contributed by atoms with Crippen molar-refractivity contribution in [3.05, 3.63) is 58.1 Å². The van der Waals surface area contributed by atoms with Gasteiger partial charge in [0.2, 0.25) is 0 Å². The van der Waals surface area contributed by atoms with E-state index in [0.29, 0.717) is 11.7 Å². The quantitative estimate of drug-likeness (QED) is 0.612. The van der Waals surface area contributed by atoms with Crippen LogP contribution >= 0.6 is 12.2 Å². The molecule has 0 aliphatic heterocycles. The monoisotopic (exact) mass is 342 g/mol. The van der Waals surface area contributed by atoms with Crippen molar-refractivity contribution < 1.29 is 9.47 Å². The van der Waals surface area contributed by atoms with E-state index in [9.17, 15) is 0 Å². The highest BCUT2D eigenvalue weighted by molar-refractivity contribution is 7.80. The van der Waals surface area contributed by atoms with Crippen molar-refractivity contribution >= 4 is 17.3 Å². The number of hydrogen-bond donors (Lipinski definition) is 0. The van der Waals surface area contributed by atoms with Gasteiger partial charge in [-0.15, -0.1) is 0 Å². The van der Waals surface area contributed by atoms with Gasteiger partial charge >= 0.3 is 0 Å². The fourth-order valence-corrected chi connectivity index (χ4v) is 2.78. The molecule has 0 amide bonds. The second-order valence-electron chi connectivity index (χ2n) is 6.07. The Kier molecular flexibility index (Phi) is 6.38. The molecule has 0 saturated carbocycles. The average Bonchev–Trinajstić information content (AvgIpc) is 2.56. The Balaban J connectivity index is 2.23. The molecular formula is C21H26O2S. The summed E-state index contributed by atoms with van der Waals surface area (Å²) in [7, 11) is 0. The van der Waals surface area contributed by atoms with E-state index in [2.05, 4.69) is 45.9 Å². The van der Waals surface area contributed by atoms with Gasteiger partial charge in [-0.05, 0) is 73.8 Å². The second-order valence-corrected chi connectivity index (χ2v) is 6.52. The van der Waals surface area contributed by atoms with Crippen molar-refractivity contribution in [1.82, 2.24) is 0 Å². The van der Waals surface area contributed by atoms with E-state index in [4.69, 9.17) is 21.7 Å². The Morgan fingerprint density at radius 3 is 2.38 bits per heavy atom. The van der Waals surface area contributed by atoms with Gasteiger partial charge in [0, 0.05) is 12.0 Å². The molecule has 24 heavy (non-hydrogen) atoms. The minimum absolute atomic E-state index is 0.472. The highest BCUT2D eigenvalue weighted by Gasteiger charge is 2.11. The molecule has 0 bridgehead atoms. The van der Waals surface area contributed by atoms with Gasteiger partial charge in [0.05, 0.1) is 0 Å². The molecule has 2 rings (SSSR count). The molecule has 0 heterocycles. The third-order valence-electron chi connectivity index (χ3n) is 4.27. The predicted molar refractivity (Wildman–Crippen MR) is 104 cm³/mol. The Bertz CT molecular complexity index is 735. The first-order chi connectivity index (χ1) is 11.5. The summed E-state index contributed by atoms with van der Waals surface area (Å²) in [6.07, 6.45) is 1.76. The van der Waals surface area contributed by atoms with Crippen molar-refractivity contribution in [3.8, 4) is 11.5 Å². The molecule has 0 spiro atoms. The molecule has 0 radical (unpaired) electrons. The van der Waals surface area contributed by atoms with Gasteiger partial charge in [-0.25, -0.2) is 0 Å². The maximum atomic E-state index is 6.12. The molecule has 0 saturated heterocycles. The molecule has 0 N–H and O–H groups in total. The zero-order valence-electron chi connectivity index (χ0n) is 15.2. The lowest BCUT2D eigenvalue weighted by Crippen LogP contribution is -2.08. The maximum Gasteiger partial charge on any atom is 0.167 e. The standard InChI is InChI=1S/C21H26O2S/c1-6-17-11-16(5)20(12-15(17)4)22-13-18-14(3)9-8-10-19(18)23-21(24)7-2/h8-12H,6-7,13H2,1-5H3. The topological polar surface area (TPSA) is 18.5 Å². The SMILES string of the molecule is CCC(=S)Oc1cccc(C)c1COc1cc(C)c(CC)cc1C. The number of thiocarbonyl (C=S) groups is 1. The summed E-state index contributed by atoms with van der Waals surface area (Å²) >= 11 is 5.22. The van der Waals surface area contributed by atoms with E-state index >= 15 is 0 Å². The summed E-state index contributed by atoms with van der Waals surface area (Å²) in [6.45, 7) is 10.9. The summed E-state index contributed by atoms with van der Waals surface area (Å²) in [4.78, 5) is 0. The fraction of sp³-hybridized carbons (Fsp3) is 0.381. The molecule has 2 aromatic rings. The van der Waals surface area contributed by atoms with E-state index in [-0.39, 0.29) is 0 Å². The van der Waals surface area contributed by atoms with Crippen LogP contribution in [0, 0.1) is 20.8 Å². The van der Waals surface area contributed by atoms with E-state index in [1.807, 2.05) is 19.1 Å². The third kappa shape index (κ3) is 4.35. The van der Waals surface area contributed by atoms with Crippen LogP contribution in [-0.2, 0) is 13.0 Å². The van der Waals surface area contributed by atoms with Crippen molar-refractivity contribution in [2.45, 2.75) is 54.1 Å². The zero-order chi connectivity index (χ0) is 17.7. The molecular weight excluding hydrogens is 316 g/mol. The number of rotatable bonds is 6. The largest absolute Gasteiger partial charge is 0.488 e. The lowest BCUT2D eigenvalue weighted by molar-refractivity contribution is 0.299. The molecule has 0 fully saturated rings. The number of ether oxygens (including phenoxy) is 2. The molecule has 2 nitrogen and oxygen atoms in total. The normalized spacial score (nSPS) is 10.5. The summed E-state index contributed by atoms with van der Waals surface area (Å²) in [5, 5.41) is 0.598. The predicted octanol–water partition coefficient (Wildman–Crippen LogP) is 5.87. The molecule has 0 unspecified atom stereocenters. The van der Waals surface area contributed by atoms with Crippen LogP contribution in [-0.4, -0.2) is 5.05 Å². The maximum absolute atomic E-state index is 6.12. The first-order valence-corrected chi connectivity index (χ1v) is 8.89. The molecule has 0 aromatic heterocycles. The Morgan fingerprint density at radius 1 is 0.958 bits per heavy atom. The van der Waals surface area contributed by atoms with Gasteiger partial charge in [-0.3, -0.25) is 0 Å². The minimum Gasteiger partial charge on any atom is -0.488 e. The molecule has 3 heteroatoms. The van der Waals surface area contributed by atoms with Crippen LogP contribution in [0.25, 0.3) is 0 Å². The van der Waals surface area contributed by atoms with E-state index in [1.165, 1.54) is 11.1 Å². The van der Waals surface area contributed by atoms with Crippen LogP contribution < -0.4 is 9.47 Å². The lowest BCUT2D eigenvalue weighted by atomic mass is 10.0. The highest BCUT2D eigenvalue weighted by Crippen LogP contribution is 2.28. The Hall–Kier alpha value is -1.87. The Morgan fingerprint density at radius 2 is 1.71 bits per heavy atom. The van der Waals surface area contributed by atoms with Crippen LogP contribution in [0.2, 0.25) is 0 Å². The highest BCUT2D eigenvalue weighted by atomic mass is 32.1. The van der Waals surface area contributed by atoms with Crippen molar-refractivity contribution in [1.29, 1.82) is 0 Å². The van der Waals surface area contributed by atoms with E-state index < -0.39 is 0 Å². The van der Waals surface area contributed by atoms with Gasteiger partial charge in [-0.2, -0.15) is 0 Å². The van der Waals surface area contributed by atoms with Crippen LogP contribution in [0.3, 0.4) is 0 Å². The first kappa shape index (κ1) is 18.5. The second kappa shape index (κ2) is 8.29. The smallest absolute Gasteiger partial charge is 0.167 e. The number of aryl methyl sites for hydroxylation is 4. The van der Waals surface area contributed by atoms with Gasteiger partial charge in [0.25, 0.3) is 0 Å². The van der Waals surface area contributed by atoms with Gasteiger partial charge < -0.3 is 9.47 Å². The molecule has 128 valence electrons. The molecule has 0 atom stereocenters. The van der Waals surface area contributed by atoms with Crippen molar-refractivity contribution in [2.75, 3.05) is 0 Å². The van der Waals surface area contributed by atoms with Crippen LogP contribution in [0.4, 0.5) is 0 Å². The van der Waals surface area contributed by atoms with Gasteiger partial charge in [0.15, 0.2) is 5.05 Å². The first-order valence-electron chi connectivity index (χ1n) is 8.48. The minimum atomic E-state index is 0.472. The summed E-state index contributed by atoms with van der Waals surface area (Å²) in [5.74, 6) is 1.72. The molecule has 0 aliphatic carbocycles. The van der Waals surface area contributed by atoms with E-state index in [1.54, 1.807) is 0 Å². The van der Waals surface area contributed by atoms with Crippen molar-refractivity contribution in [2.24, 2.45) is 0 Å². The summed E-state index contributed by atoms with van der Waals surface area (Å²) in [5.41, 5.74) is 5.99. The Labute approximate surface area is 150 Å². The summed E-state index contributed by atoms with van der Waals surface area (Å²) < 4.78 is 11.9. The van der Waals surface area contributed by atoms with E-state index in [0.717, 1.165) is 41.0 Å². The van der Waals surface area contributed by atoms with Gasteiger partial charge in [-0.1, -0.05) is 32.0 Å². The summed E-state index contributed by atoms with van der Waals surface area (Å²) in [6, 6.07) is 10.3. The fourth-order valence-electron chi connectivity index (χ4n) is 2.69. The molecule has 2 aromatic carbocycles. The zero-order valence-corrected chi connectivity index (χ0v) is 16.0. The number of hydrogen-bond acceptors (Lipinski definition) is 3. The van der Waals surface area contributed by atoms with Gasteiger partial charge in [0.1, 0.15) is 18.1 Å². The average molecular weight is 343 g/mol. The van der Waals surface area contributed by atoms with Crippen LogP contribution in [0.5, 0.6) is 11.5 Å². The van der Waals surface area contributed by atoms with Crippen LogP contribution in [0.15, 0.2) is 30.3 Å². The van der Waals surface area contributed by atoms with Crippen molar-refractivity contribution in [3.63, 3.8) is 0 Å². The van der Waals surface area contributed by atoms with Crippen LogP contribution in [0.1, 0.15) is 48.1 Å². The third-order valence-corrected chi connectivity index (χ3v) is 4.64. The molecule has 0 aliphatic rings.